The van der Waals surface area contributed by atoms with E-state index < -0.39 is 0 Å². The second-order valence-electron chi connectivity index (χ2n) is 6.21. The Morgan fingerprint density at radius 3 is 2.56 bits per heavy atom. The van der Waals surface area contributed by atoms with Crippen LogP contribution in [-0.4, -0.2) is 18.0 Å². The first-order valence-electron chi connectivity index (χ1n) is 7.11. The lowest BCUT2D eigenvalue weighted by Gasteiger charge is -2.28. The largest absolute Gasteiger partial charge is 0.353 e. The molecule has 3 N–H and O–H groups in total. The summed E-state index contributed by atoms with van der Waals surface area (Å²) in [6, 6.07) is 0.476. The molecule has 2 fully saturated rings. The van der Waals surface area contributed by atoms with Gasteiger partial charge in [0.1, 0.15) is 0 Å². The van der Waals surface area contributed by atoms with Crippen LogP contribution in [-0.2, 0) is 4.79 Å². The molecule has 106 valence electrons. The molecule has 2 bridgehead atoms. The predicted octanol–water partition coefficient (Wildman–Crippen LogP) is 2.48. The van der Waals surface area contributed by atoms with Crippen LogP contribution >= 0.6 is 12.4 Å². The number of halogens is 1. The minimum absolute atomic E-state index is 0. The molecule has 3 nitrogen and oxygen atoms in total. The van der Waals surface area contributed by atoms with E-state index in [1.807, 2.05) is 6.92 Å². The summed E-state index contributed by atoms with van der Waals surface area (Å²) >= 11 is 0. The molecule has 18 heavy (non-hydrogen) atoms. The summed E-state index contributed by atoms with van der Waals surface area (Å²) in [5.74, 6) is 2.74. The van der Waals surface area contributed by atoms with E-state index in [0.717, 1.165) is 24.2 Å². The molecule has 2 rings (SSSR count). The second-order valence-corrected chi connectivity index (χ2v) is 6.21. The summed E-state index contributed by atoms with van der Waals surface area (Å²) in [7, 11) is 0. The Balaban J connectivity index is 0.00000162. The van der Waals surface area contributed by atoms with Gasteiger partial charge < -0.3 is 11.1 Å². The van der Waals surface area contributed by atoms with Crippen molar-refractivity contribution in [1.82, 2.24) is 5.32 Å². The SMILES string of the molecule is CC(N)CCC(=O)NC(C)C1CC2CCC1C2.Cl. The normalized spacial score (nSPS) is 32.7. The van der Waals surface area contributed by atoms with Crippen LogP contribution in [0.25, 0.3) is 0 Å². The van der Waals surface area contributed by atoms with Crippen molar-refractivity contribution in [2.24, 2.45) is 23.5 Å². The molecule has 0 aliphatic heterocycles. The van der Waals surface area contributed by atoms with E-state index in [1.165, 1.54) is 25.7 Å². The Morgan fingerprint density at radius 2 is 2.06 bits per heavy atom. The molecule has 5 unspecified atom stereocenters. The monoisotopic (exact) mass is 274 g/mol. The van der Waals surface area contributed by atoms with Gasteiger partial charge in [-0.2, -0.15) is 0 Å². The van der Waals surface area contributed by atoms with Crippen LogP contribution in [0, 0.1) is 17.8 Å². The molecule has 0 aromatic heterocycles. The van der Waals surface area contributed by atoms with Crippen LogP contribution < -0.4 is 11.1 Å². The van der Waals surface area contributed by atoms with Crippen LogP contribution in [0.5, 0.6) is 0 Å². The molecule has 2 aliphatic carbocycles. The Bertz CT molecular complexity index is 283. The molecule has 2 saturated carbocycles. The number of carbonyl (C=O) groups is 1. The first-order valence-corrected chi connectivity index (χ1v) is 7.11. The summed E-state index contributed by atoms with van der Waals surface area (Å²) in [5.41, 5.74) is 5.66. The molecular formula is C14H27ClN2O. The summed E-state index contributed by atoms with van der Waals surface area (Å²) in [4.78, 5) is 11.8. The van der Waals surface area contributed by atoms with E-state index in [1.54, 1.807) is 0 Å². The summed E-state index contributed by atoms with van der Waals surface area (Å²) in [6.07, 6.45) is 6.91. The van der Waals surface area contributed by atoms with Crippen LogP contribution in [0.4, 0.5) is 0 Å². The van der Waals surface area contributed by atoms with Gasteiger partial charge in [0, 0.05) is 18.5 Å². The molecule has 0 aromatic carbocycles. The number of fused-ring (bicyclic) bond motifs is 2. The van der Waals surface area contributed by atoms with Crippen LogP contribution in [0.3, 0.4) is 0 Å². The first-order chi connectivity index (χ1) is 8.06. The average molecular weight is 275 g/mol. The van der Waals surface area contributed by atoms with E-state index in [-0.39, 0.29) is 24.4 Å². The Labute approximate surface area is 117 Å². The summed E-state index contributed by atoms with van der Waals surface area (Å²) in [5, 5.41) is 3.17. The van der Waals surface area contributed by atoms with Gasteiger partial charge >= 0.3 is 0 Å². The smallest absolute Gasteiger partial charge is 0.220 e. The molecule has 2 aliphatic rings. The van der Waals surface area contributed by atoms with Crippen LogP contribution in [0.1, 0.15) is 52.4 Å². The number of hydrogen-bond donors (Lipinski definition) is 2. The lowest BCUT2D eigenvalue weighted by molar-refractivity contribution is -0.122. The van der Waals surface area contributed by atoms with Crippen LogP contribution in [0.15, 0.2) is 0 Å². The lowest BCUT2D eigenvalue weighted by Crippen LogP contribution is -2.40. The fraction of sp³-hybridized carbons (Fsp3) is 0.929. The third-order valence-corrected chi connectivity index (χ3v) is 4.65. The maximum Gasteiger partial charge on any atom is 0.220 e. The van der Waals surface area contributed by atoms with Crippen molar-refractivity contribution in [2.45, 2.75) is 64.5 Å². The highest BCUT2D eigenvalue weighted by Gasteiger charge is 2.41. The molecular weight excluding hydrogens is 248 g/mol. The lowest BCUT2D eigenvalue weighted by atomic mass is 9.84. The molecule has 0 spiro atoms. The third-order valence-electron chi connectivity index (χ3n) is 4.65. The van der Waals surface area contributed by atoms with Gasteiger partial charge in [0.2, 0.25) is 5.91 Å². The van der Waals surface area contributed by atoms with Crippen molar-refractivity contribution in [3.8, 4) is 0 Å². The Kier molecular flexibility index (Phi) is 5.93. The predicted molar refractivity (Wildman–Crippen MR) is 76.7 cm³/mol. The van der Waals surface area contributed by atoms with Crippen LogP contribution in [0.2, 0.25) is 0 Å². The van der Waals surface area contributed by atoms with Crippen molar-refractivity contribution in [3.63, 3.8) is 0 Å². The first kappa shape index (κ1) is 15.8. The van der Waals surface area contributed by atoms with E-state index in [4.69, 9.17) is 5.73 Å². The molecule has 1 amide bonds. The average Bonchev–Trinajstić information content (AvgIpc) is 2.87. The van der Waals surface area contributed by atoms with Gasteiger partial charge in [-0.05, 0) is 57.3 Å². The van der Waals surface area contributed by atoms with Gasteiger partial charge in [-0.25, -0.2) is 0 Å². The zero-order valence-electron chi connectivity index (χ0n) is 11.5. The molecule has 4 heteroatoms. The highest BCUT2D eigenvalue weighted by atomic mass is 35.5. The number of carbonyl (C=O) groups excluding carboxylic acids is 1. The van der Waals surface area contributed by atoms with Crippen molar-refractivity contribution in [2.75, 3.05) is 0 Å². The Hall–Kier alpha value is -0.280. The van der Waals surface area contributed by atoms with Gasteiger partial charge in [-0.1, -0.05) is 6.42 Å². The van der Waals surface area contributed by atoms with Crippen molar-refractivity contribution < 1.29 is 4.79 Å². The fourth-order valence-electron chi connectivity index (χ4n) is 3.70. The zero-order valence-corrected chi connectivity index (χ0v) is 12.3. The van der Waals surface area contributed by atoms with Gasteiger partial charge in [-0.15, -0.1) is 12.4 Å². The summed E-state index contributed by atoms with van der Waals surface area (Å²) < 4.78 is 0. The summed E-state index contributed by atoms with van der Waals surface area (Å²) in [6.45, 7) is 4.13. The van der Waals surface area contributed by atoms with E-state index >= 15 is 0 Å². The quantitative estimate of drug-likeness (QED) is 0.809. The molecule has 0 saturated heterocycles. The molecule has 0 radical (unpaired) electrons. The molecule has 0 heterocycles. The van der Waals surface area contributed by atoms with E-state index in [0.29, 0.717) is 12.5 Å². The third kappa shape index (κ3) is 3.86. The maximum absolute atomic E-state index is 11.8. The topological polar surface area (TPSA) is 55.1 Å². The van der Waals surface area contributed by atoms with Gasteiger partial charge in [0.05, 0.1) is 0 Å². The second kappa shape index (κ2) is 6.76. The number of hydrogen-bond acceptors (Lipinski definition) is 2. The minimum Gasteiger partial charge on any atom is -0.353 e. The number of rotatable bonds is 5. The number of nitrogens with one attached hydrogen (secondary N) is 1. The van der Waals surface area contributed by atoms with Crippen molar-refractivity contribution in [3.05, 3.63) is 0 Å². The molecule has 5 atom stereocenters. The van der Waals surface area contributed by atoms with Crippen molar-refractivity contribution in [1.29, 1.82) is 0 Å². The fourth-order valence-corrected chi connectivity index (χ4v) is 3.70. The van der Waals surface area contributed by atoms with E-state index in [9.17, 15) is 4.79 Å². The number of amides is 1. The minimum atomic E-state index is 0. The zero-order chi connectivity index (χ0) is 12.4. The van der Waals surface area contributed by atoms with Gasteiger partial charge in [0.25, 0.3) is 0 Å². The number of nitrogens with two attached hydrogens (primary N) is 1. The van der Waals surface area contributed by atoms with E-state index in [2.05, 4.69) is 12.2 Å². The van der Waals surface area contributed by atoms with Gasteiger partial charge in [-0.3, -0.25) is 4.79 Å². The Morgan fingerprint density at radius 1 is 1.33 bits per heavy atom. The standard InChI is InChI=1S/C14H26N2O.ClH/c1-9(15)3-6-14(17)16-10(2)13-8-11-4-5-12(13)7-11;/h9-13H,3-8,15H2,1-2H3,(H,16,17);1H. The maximum atomic E-state index is 11.8. The highest BCUT2D eigenvalue weighted by molar-refractivity contribution is 5.85. The highest BCUT2D eigenvalue weighted by Crippen LogP contribution is 2.49. The van der Waals surface area contributed by atoms with Crippen molar-refractivity contribution >= 4 is 18.3 Å². The molecule has 0 aromatic rings. The van der Waals surface area contributed by atoms with Gasteiger partial charge in [0.15, 0.2) is 0 Å².